The molecule has 1 aromatic rings. The molecule has 0 unspecified atom stereocenters. The first-order valence-corrected chi connectivity index (χ1v) is 5.07. The van der Waals surface area contributed by atoms with Crippen molar-refractivity contribution in [3.63, 3.8) is 0 Å². The highest BCUT2D eigenvalue weighted by Gasteiger charge is 2.11. The third-order valence-corrected chi connectivity index (χ3v) is 2.23. The smallest absolute Gasteiger partial charge is 0.179 e. The van der Waals surface area contributed by atoms with Crippen molar-refractivity contribution >= 4 is 21.7 Å². The largest absolute Gasteiger partial charge is 0.299 e. The lowest BCUT2D eigenvalue weighted by atomic mass is 10.1. The zero-order valence-corrected chi connectivity index (χ0v) is 9.47. The highest BCUT2D eigenvalue weighted by molar-refractivity contribution is 9.10. The molecule has 0 saturated carbocycles. The third-order valence-electron chi connectivity index (χ3n) is 1.74. The Labute approximate surface area is 96.0 Å². The second-order valence-corrected chi connectivity index (χ2v) is 3.77. The molecule has 15 heavy (non-hydrogen) atoms. The maximum Gasteiger partial charge on any atom is 0.179 e. The molecule has 1 aromatic carbocycles. The molecule has 0 aliphatic rings. The second-order valence-electron chi connectivity index (χ2n) is 2.86. The topological polar surface area (TPSA) is 29.1 Å². The van der Waals surface area contributed by atoms with Crippen LogP contribution in [0.5, 0.6) is 0 Å². The van der Waals surface area contributed by atoms with E-state index >= 15 is 0 Å². The van der Waals surface area contributed by atoms with Gasteiger partial charge in [-0.05, 0) is 18.2 Å². The molecule has 78 valence electrons. The molecule has 0 amide bonds. The predicted octanol–water partition coefficient (Wildman–Crippen LogP) is 1.99. The minimum absolute atomic E-state index is 0.0393. The number of rotatable bonds is 4. The molecule has 0 fully saturated rings. The van der Waals surface area contributed by atoms with E-state index in [9.17, 15) is 9.18 Å². The Kier molecular flexibility index (Phi) is 4.47. The molecular formula is C11H9BrFNO. The predicted molar refractivity (Wildman–Crippen MR) is 60.1 cm³/mol. The van der Waals surface area contributed by atoms with Crippen LogP contribution in [0, 0.1) is 18.2 Å². The van der Waals surface area contributed by atoms with E-state index in [1.807, 2.05) is 0 Å². The average molecular weight is 270 g/mol. The molecule has 4 heteroatoms. The molecule has 1 N–H and O–H groups in total. The monoisotopic (exact) mass is 269 g/mol. The van der Waals surface area contributed by atoms with Crippen LogP contribution >= 0.6 is 15.9 Å². The maximum atomic E-state index is 13.2. The fourth-order valence-corrected chi connectivity index (χ4v) is 1.42. The normalized spacial score (nSPS) is 9.67. The van der Waals surface area contributed by atoms with Gasteiger partial charge in [-0.2, -0.15) is 0 Å². The van der Waals surface area contributed by atoms with E-state index in [2.05, 4.69) is 27.2 Å². The van der Waals surface area contributed by atoms with E-state index in [1.54, 1.807) is 6.07 Å². The molecule has 0 radical (unpaired) electrons. The number of halogens is 2. The summed E-state index contributed by atoms with van der Waals surface area (Å²) < 4.78 is 13.9. The Hall–Kier alpha value is -1.18. The van der Waals surface area contributed by atoms with Gasteiger partial charge in [0.25, 0.3) is 0 Å². The number of carbonyl (C=O) groups is 1. The molecule has 0 spiro atoms. The fraction of sp³-hybridized carbons (Fsp3) is 0.182. The lowest BCUT2D eigenvalue weighted by Crippen LogP contribution is -2.23. The van der Waals surface area contributed by atoms with Crippen molar-refractivity contribution in [1.29, 1.82) is 0 Å². The molecule has 0 aliphatic heterocycles. The van der Waals surface area contributed by atoms with E-state index in [4.69, 9.17) is 6.42 Å². The van der Waals surface area contributed by atoms with Crippen LogP contribution in [0.3, 0.4) is 0 Å². The van der Waals surface area contributed by atoms with E-state index in [0.717, 1.165) is 0 Å². The summed E-state index contributed by atoms with van der Waals surface area (Å²) in [6.45, 7) is 0.332. The fourth-order valence-electron chi connectivity index (χ4n) is 1.05. The van der Waals surface area contributed by atoms with Crippen LogP contribution in [-0.4, -0.2) is 18.9 Å². The molecular weight excluding hydrogens is 261 g/mol. The number of hydrogen-bond acceptors (Lipinski definition) is 2. The average Bonchev–Trinajstić information content (AvgIpc) is 2.22. The number of benzene rings is 1. The Morgan fingerprint density at radius 3 is 3.00 bits per heavy atom. The summed E-state index contributed by atoms with van der Waals surface area (Å²) in [4.78, 5) is 11.5. The molecule has 0 saturated heterocycles. The number of nitrogens with one attached hydrogen (secondary N) is 1. The molecule has 0 aromatic heterocycles. The van der Waals surface area contributed by atoms with Gasteiger partial charge in [0.05, 0.1) is 18.7 Å². The summed E-state index contributed by atoms with van der Waals surface area (Å²) >= 11 is 3.17. The van der Waals surface area contributed by atoms with Crippen LogP contribution in [0.15, 0.2) is 22.7 Å². The van der Waals surface area contributed by atoms with Crippen LogP contribution in [0.4, 0.5) is 4.39 Å². The lowest BCUT2D eigenvalue weighted by molar-refractivity contribution is 0.0988. The van der Waals surface area contributed by atoms with Gasteiger partial charge in [-0.1, -0.05) is 21.9 Å². The highest BCUT2D eigenvalue weighted by Crippen LogP contribution is 2.15. The zero-order chi connectivity index (χ0) is 11.3. The zero-order valence-electron chi connectivity index (χ0n) is 7.89. The maximum absolute atomic E-state index is 13.2. The van der Waals surface area contributed by atoms with Crippen molar-refractivity contribution in [2.45, 2.75) is 0 Å². The summed E-state index contributed by atoms with van der Waals surface area (Å²) in [6, 6.07) is 4.24. The van der Waals surface area contributed by atoms with Crippen molar-refractivity contribution in [2.24, 2.45) is 0 Å². The summed E-state index contributed by atoms with van der Waals surface area (Å²) in [5.41, 5.74) is 0.0638. The summed E-state index contributed by atoms with van der Waals surface area (Å²) in [5, 5.41) is 2.71. The van der Waals surface area contributed by atoms with Crippen LogP contribution < -0.4 is 5.32 Å². The van der Waals surface area contributed by atoms with Crippen molar-refractivity contribution in [2.75, 3.05) is 13.1 Å². The first-order chi connectivity index (χ1) is 7.15. The van der Waals surface area contributed by atoms with E-state index in [0.29, 0.717) is 11.0 Å². The Bertz CT molecular complexity index is 412. The minimum atomic E-state index is -0.522. The quantitative estimate of drug-likeness (QED) is 0.515. The number of ketones is 1. The molecule has 2 nitrogen and oxygen atoms in total. The van der Waals surface area contributed by atoms with Gasteiger partial charge in [0, 0.05) is 4.47 Å². The third kappa shape index (κ3) is 3.46. The Balaban J connectivity index is 2.73. The molecule has 0 heterocycles. The van der Waals surface area contributed by atoms with Gasteiger partial charge in [0.2, 0.25) is 0 Å². The van der Waals surface area contributed by atoms with Gasteiger partial charge in [-0.3, -0.25) is 10.1 Å². The lowest BCUT2D eigenvalue weighted by Gasteiger charge is -2.03. The van der Waals surface area contributed by atoms with Crippen molar-refractivity contribution in [1.82, 2.24) is 5.32 Å². The standard InChI is InChI=1S/C11H9BrFNO/c1-2-5-14-7-11(15)9-6-8(12)3-4-10(9)13/h1,3-4,6,14H,5,7H2. The highest BCUT2D eigenvalue weighted by atomic mass is 79.9. The van der Waals surface area contributed by atoms with Gasteiger partial charge in [0.1, 0.15) is 5.82 Å². The van der Waals surface area contributed by atoms with Crippen LogP contribution in [0.25, 0.3) is 0 Å². The van der Waals surface area contributed by atoms with Gasteiger partial charge < -0.3 is 0 Å². The van der Waals surface area contributed by atoms with Crippen LogP contribution in [-0.2, 0) is 0 Å². The van der Waals surface area contributed by atoms with E-state index < -0.39 is 5.82 Å². The molecule has 0 atom stereocenters. The molecule has 1 rings (SSSR count). The van der Waals surface area contributed by atoms with Gasteiger partial charge >= 0.3 is 0 Å². The number of terminal acetylenes is 1. The first kappa shape index (κ1) is 11.9. The SMILES string of the molecule is C#CCNCC(=O)c1cc(Br)ccc1F. The summed E-state index contributed by atoms with van der Waals surface area (Å²) in [6.07, 6.45) is 5.00. The van der Waals surface area contributed by atoms with Crippen molar-refractivity contribution in [3.05, 3.63) is 34.1 Å². The van der Waals surface area contributed by atoms with Crippen LogP contribution in [0.2, 0.25) is 0 Å². The van der Waals surface area contributed by atoms with Gasteiger partial charge in [-0.25, -0.2) is 4.39 Å². The van der Waals surface area contributed by atoms with E-state index in [-0.39, 0.29) is 17.9 Å². The van der Waals surface area contributed by atoms with Crippen molar-refractivity contribution < 1.29 is 9.18 Å². The summed E-state index contributed by atoms with van der Waals surface area (Å²) in [5.74, 6) is 1.50. The first-order valence-electron chi connectivity index (χ1n) is 4.27. The Morgan fingerprint density at radius 2 is 2.33 bits per heavy atom. The number of hydrogen-bond donors (Lipinski definition) is 1. The van der Waals surface area contributed by atoms with Gasteiger partial charge in [-0.15, -0.1) is 6.42 Å². The van der Waals surface area contributed by atoms with Gasteiger partial charge in [0.15, 0.2) is 5.78 Å². The summed E-state index contributed by atoms with van der Waals surface area (Å²) in [7, 11) is 0. The van der Waals surface area contributed by atoms with E-state index in [1.165, 1.54) is 12.1 Å². The number of carbonyl (C=O) groups excluding carboxylic acids is 1. The number of Topliss-reactive ketones (excluding diaryl/α,β-unsaturated/α-hetero) is 1. The second kappa shape index (κ2) is 5.64. The minimum Gasteiger partial charge on any atom is -0.299 e. The molecule has 0 aliphatic carbocycles. The van der Waals surface area contributed by atoms with Crippen molar-refractivity contribution in [3.8, 4) is 12.3 Å². The Morgan fingerprint density at radius 1 is 1.60 bits per heavy atom. The molecule has 0 bridgehead atoms. The van der Waals surface area contributed by atoms with Crippen LogP contribution in [0.1, 0.15) is 10.4 Å².